The summed E-state index contributed by atoms with van der Waals surface area (Å²) in [6.07, 6.45) is 0. The second kappa shape index (κ2) is 4.49. The van der Waals surface area contributed by atoms with Crippen LogP contribution < -0.4 is 0 Å². The van der Waals surface area contributed by atoms with Gasteiger partial charge in [0.05, 0.1) is 21.2 Å². The van der Waals surface area contributed by atoms with Gasteiger partial charge >= 0.3 is 0 Å². The van der Waals surface area contributed by atoms with Crippen molar-refractivity contribution in [2.45, 2.75) is 0 Å². The van der Waals surface area contributed by atoms with E-state index in [1.54, 1.807) is 0 Å². The Hall–Kier alpha value is -0.280. The van der Waals surface area contributed by atoms with Crippen LogP contribution in [0.25, 0.3) is 0 Å². The molecule has 14 heavy (non-hydrogen) atoms. The predicted molar refractivity (Wildman–Crippen MR) is 56.8 cm³/mol. The predicted octanol–water partition coefficient (Wildman–Crippen LogP) is 3.75. The van der Waals surface area contributed by atoms with Crippen molar-refractivity contribution < 1.29 is 9.59 Å². The van der Waals surface area contributed by atoms with E-state index < -0.39 is 10.5 Å². The third-order valence-corrected chi connectivity index (χ3v) is 2.79. The van der Waals surface area contributed by atoms with Crippen LogP contribution in [0.3, 0.4) is 0 Å². The van der Waals surface area contributed by atoms with E-state index in [9.17, 15) is 9.59 Å². The molecule has 6 heteroatoms. The standard InChI is InChI=1S/C8H2Cl4O2/c9-5-3(7(11)13)1-2-4(6(5)10)8(12)14/h1-2H. The maximum absolute atomic E-state index is 10.8. The normalized spacial score (nSPS) is 10.0. The van der Waals surface area contributed by atoms with Crippen molar-refractivity contribution in [3.8, 4) is 0 Å². The minimum absolute atomic E-state index is 0.0417. The molecule has 0 aliphatic carbocycles. The van der Waals surface area contributed by atoms with Crippen molar-refractivity contribution in [1.29, 1.82) is 0 Å². The Labute approximate surface area is 99.7 Å². The minimum Gasteiger partial charge on any atom is -0.276 e. The molecule has 0 atom stereocenters. The van der Waals surface area contributed by atoms with Crippen molar-refractivity contribution in [2.75, 3.05) is 0 Å². The number of hydrogen-bond acceptors (Lipinski definition) is 2. The lowest BCUT2D eigenvalue weighted by Gasteiger charge is -2.03. The molecule has 0 aliphatic heterocycles. The van der Waals surface area contributed by atoms with Crippen molar-refractivity contribution in [2.24, 2.45) is 0 Å². The average Bonchev–Trinajstić information content (AvgIpc) is 2.08. The maximum Gasteiger partial charge on any atom is 0.253 e. The van der Waals surface area contributed by atoms with Crippen LogP contribution in [-0.4, -0.2) is 10.5 Å². The molecule has 0 N–H and O–H groups in total. The Kier molecular flexibility index (Phi) is 3.78. The molecule has 0 bridgehead atoms. The van der Waals surface area contributed by atoms with Gasteiger partial charge in [0.2, 0.25) is 0 Å². The number of carbonyl (C=O) groups is 2. The zero-order chi connectivity index (χ0) is 10.9. The molecule has 0 heterocycles. The Bertz CT molecular complexity index is 375. The minimum atomic E-state index is -0.745. The number of rotatable bonds is 2. The highest BCUT2D eigenvalue weighted by molar-refractivity contribution is 6.70. The van der Waals surface area contributed by atoms with Gasteiger partial charge in [0.1, 0.15) is 0 Å². The van der Waals surface area contributed by atoms with Crippen LogP contribution in [0.5, 0.6) is 0 Å². The fraction of sp³-hybridized carbons (Fsp3) is 0. The summed E-state index contributed by atoms with van der Waals surface area (Å²) in [7, 11) is 0. The zero-order valence-electron chi connectivity index (χ0n) is 6.48. The molecule has 0 saturated carbocycles. The van der Waals surface area contributed by atoms with Crippen LogP contribution in [0.1, 0.15) is 20.7 Å². The molecular formula is C8H2Cl4O2. The fourth-order valence-electron chi connectivity index (χ4n) is 0.853. The fourth-order valence-corrected chi connectivity index (χ4v) is 1.77. The smallest absolute Gasteiger partial charge is 0.253 e. The van der Waals surface area contributed by atoms with Crippen LogP contribution in [0.2, 0.25) is 10.0 Å². The summed E-state index contributed by atoms with van der Waals surface area (Å²) in [6.45, 7) is 0. The molecular weight excluding hydrogens is 270 g/mol. The van der Waals surface area contributed by atoms with E-state index in [4.69, 9.17) is 46.4 Å². The Morgan fingerprint density at radius 1 is 0.857 bits per heavy atom. The first-order valence-corrected chi connectivity index (χ1v) is 4.84. The van der Waals surface area contributed by atoms with Crippen LogP contribution >= 0.6 is 46.4 Å². The molecule has 1 aromatic rings. The second-order valence-electron chi connectivity index (χ2n) is 2.34. The third kappa shape index (κ3) is 2.20. The molecule has 0 amide bonds. The summed E-state index contributed by atoms with van der Waals surface area (Å²) in [4.78, 5) is 21.6. The van der Waals surface area contributed by atoms with Crippen LogP contribution in [0.4, 0.5) is 0 Å². The molecule has 0 fully saturated rings. The zero-order valence-corrected chi connectivity index (χ0v) is 9.51. The van der Waals surface area contributed by atoms with E-state index >= 15 is 0 Å². The van der Waals surface area contributed by atoms with Crippen molar-refractivity contribution >= 4 is 56.9 Å². The van der Waals surface area contributed by atoms with Crippen LogP contribution in [0, 0.1) is 0 Å². The molecule has 0 unspecified atom stereocenters. The lowest BCUT2D eigenvalue weighted by atomic mass is 10.1. The van der Waals surface area contributed by atoms with Crippen molar-refractivity contribution in [1.82, 2.24) is 0 Å². The van der Waals surface area contributed by atoms with E-state index in [0.717, 1.165) is 0 Å². The number of benzene rings is 1. The lowest BCUT2D eigenvalue weighted by molar-refractivity contribution is 0.107. The molecule has 74 valence electrons. The van der Waals surface area contributed by atoms with Crippen LogP contribution in [0.15, 0.2) is 12.1 Å². The molecule has 0 aromatic heterocycles. The Morgan fingerprint density at radius 3 is 1.36 bits per heavy atom. The third-order valence-electron chi connectivity index (χ3n) is 1.51. The van der Waals surface area contributed by atoms with Gasteiger partial charge in [-0.1, -0.05) is 23.2 Å². The van der Waals surface area contributed by atoms with Gasteiger partial charge in [-0.05, 0) is 35.3 Å². The van der Waals surface area contributed by atoms with Crippen molar-refractivity contribution in [3.05, 3.63) is 33.3 Å². The highest BCUT2D eigenvalue weighted by Gasteiger charge is 2.16. The molecule has 0 spiro atoms. The summed E-state index contributed by atoms with van der Waals surface area (Å²) in [6, 6.07) is 2.58. The lowest BCUT2D eigenvalue weighted by Crippen LogP contribution is -1.96. The highest BCUT2D eigenvalue weighted by Crippen LogP contribution is 2.31. The van der Waals surface area contributed by atoms with E-state index in [0.29, 0.717) is 0 Å². The summed E-state index contributed by atoms with van der Waals surface area (Å²) in [5, 5.41) is -1.63. The van der Waals surface area contributed by atoms with Gasteiger partial charge in [-0.25, -0.2) is 0 Å². The molecule has 1 rings (SSSR count). The van der Waals surface area contributed by atoms with Gasteiger partial charge in [-0.15, -0.1) is 0 Å². The van der Waals surface area contributed by atoms with Gasteiger partial charge < -0.3 is 0 Å². The van der Waals surface area contributed by atoms with Crippen LogP contribution in [-0.2, 0) is 0 Å². The first-order chi connectivity index (χ1) is 6.45. The van der Waals surface area contributed by atoms with Gasteiger partial charge in [0.25, 0.3) is 10.5 Å². The monoisotopic (exact) mass is 270 g/mol. The molecule has 0 radical (unpaired) electrons. The summed E-state index contributed by atoms with van der Waals surface area (Å²) >= 11 is 21.8. The SMILES string of the molecule is O=C(Cl)c1ccc(C(=O)Cl)c(Cl)c1Cl. The molecule has 2 nitrogen and oxygen atoms in total. The number of hydrogen-bond donors (Lipinski definition) is 0. The summed E-state index contributed by atoms with van der Waals surface area (Å²) in [5.74, 6) is 0. The van der Waals surface area contributed by atoms with E-state index in [2.05, 4.69) is 0 Å². The highest BCUT2D eigenvalue weighted by atomic mass is 35.5. The first kappa shape index (κ1) is 11.8. The Balaban J connectivity index is 3.41. The Morgan fingerprint density at radius 2 is 1.14 bits per heavy atom. The van der Waals surface area contributed by atoms with Gasteiger partial charge in [0.15, 0.2) is 0 Å². The van der Waals surface area contributed by atoms with E-state index in [1.807, 2.05) is 0 Å². The maximum atomic E-state index is 10.8. The summed E-state index contributed by atoms with van der Waals surface area (Å²) in [5.41, 5.74) is 0.0833. The van der Waals surface area contributed by atoms with E-state index in [1.165, 1.54) is 12.1 Å². The van der Waals surface area contributed by atoms with Crippen molar-refractivity contribution in [3.63, 3.8) is 0 Å². The molecule has 0 aliphatic rings. The number of halogens is 4. The molecule has 1 aromatic carbocycles. The van der Waals surface area contributed by atoms with Gasteiger partial charge in [0, 0.05) is 0 Å². The molecule has 0 saturated heterocycles. The average molecular weight is 272 g/mol. The largest absolute Gasteiger partial charge is 0.276 e. The first-order valence-electron chi connectivity index (χ1n) is 3.32. The second-order valence-corrected chi connectivity index (χ2v) is 3.78. The quantitative estimate of drug-likeness (QED) is 0.768. The number of carbonyl (C=O) groups excluding carboxylic acids is 2. The van der Waals surface area contributed by atoms with Gasteiger partial charge in [-0.2, -0.15) is 0 Å². The summed E-state index contributed by atoms with van der Waals surface area (Å²) < 4.78 is 0. The van der Waals surface area contributed by atoms with E-state index in [-0.39, 0.29) is 21.2 Å². The van der Waals surface area contributed by atoms with Gasteiger partial charge in [-0.3, -0.25) is 9.59 Å². The topological polar surface area (TPSA) is 34.1 Å².